The van der Waals surface area contributed by atoms with Gasteiger partial charge in [0.25, 0.3) is 0 Å². The summed E-state index contributed by atoms with van der Waals surface area (Å²) in [6, 6.07) is 17.4. The van der Waals surface area contributed by atoms with Gasteiger partial charge in [0.15, 0.2) is 11.7 Å². The Morgan fingerprint density at radius 2 is 1.60 bits per heavy atom. The molecule has 0 spiro atoms. The van der Waals surface area contributed by atoms with Crippen molar-refractivity contribution in [2.45, 2.75) is 109 Å². The summed E-state index contributed by atoms with van der Waals surface area (Å²) in [5, 5.41) is 24.7. The second kappa shape index (κ2) is 13.5. The van der Waals surface area contributed by atoms with Crippen molar-refractivity contribution >= 4 is 23.7 Å². The first-order chi connectivity index (χ1) is 24.5. The van der Waals surface area contributed by atoms with E-state index in [1.165, 1.54) is 14.0 Å². The van der Waals surface area contributed by atoms with E-state index in [1.807, 2.05) is 30.3 Å². The van der Waals surface area contributed by atoms with Crippen LogP contribution < -0.4 is 0 Å². The highest BCUT2D eigenvalue weighted by Gasteiger charge is 2.78. The summed E-state index contributed by atoms with van der Waals surface area (Å²) < 4.78 is 30.8. The predicted molar refractivity (Wildman–Crippen MR) is 188 cm³/mol. The normalized spacial score (nSPS) is 36.1. The minimum absolute atomic E-state index is 0.102. The SMILES string of the molecule is COC1C[C@H]2OC[C@@]2(OC(C)=O)[C@H]2[C@H](OC(=O)c3ccccc3)[C@]3(O)CC(OC(=O)[C@H](O)[C@@H](C)c4ccccc4)C(C)=C([C@@H](C)C(=O)C12C)C3(C)C. The lowest BCUT2D eigenvalue weighted by Gasteiger charge is -2.68. The molecule has 0 aromatic heterocycles. The average molecular weight is 719 g/mol. The number of fused-ring (bicyclic) bond motifs is 5. The Morgan fingerprint density at radius 3 is 2.15 bits per heavy atom. The maximum absolute atomic E-state index is 15.3. The second-order valence-electron chi connectivity index (χ2n) is 15.8. The lowest BCUT2D eigenvalue weighted by molar-refractivity contribution is -0.346. The maximum atomic E-state index is 15.3. The largest absolute Gasteiger partial charge is 0.456 e. The van der Waals surface area contributed by atoms with Crippen molar-refractivity contribution < 1.29 is 53.1 Å². The van der Waals surface area contributed by atoms with Gasteiger partial charge in [0.05, 0.1) is 29.6 Å². The molecule has 0 radical (unpaired) electrons. The van der Waals surface area contributed by atoms with Crippen LogP contribution in [0, 0.1) is 22.7 Å². The van der Waals surface area contributed by atoms with Gasteiger partial charge in [0.2, 0.25) is 0 Å². The van der Waals surface area contributed by atoms with Gasteiger partial charge < -0.3 is 33.9 Å². The standard InChI is InChI=1S/C41H50O11/c1-22(26-15-11-9-12-16-26)32(43)37(46)50-28-20-41(47)35(51-36(45)27-17-13-10-14-18-27)33-39(7,34(44)24(3)31(23(28)2)38(41,5)6)29(48-8)19-30-40(33,21-49-30)52-25(4)42/h9-18,22,24,28-30,32-33,35,43,47H,19-21H2,1-8H3/t22-,24+,28?,29?,30+,32+,33-,35-,39?,40-,41+/m0/s1. The summed E-state index contributed by atoms with van der Waals surface area (Å²) in [6.45, 7) is 11.7. The van der Waals surface area contributed by atoms with Gasteiger partial charge in [-0.25, -0.2) is 9.59 Å². The number of aliphatic hydroxyl groups is 2. The van der Waals surface area contributed by atoms with Gasteiger partial charge in [-0.3, -0.25) is 9.59 Å². The molecule has 6 rings (SSSR count). The van der Waals surface area contributed by atoms with Crippen LogP contribution in [0.1, 0.15) is 83.1 Å². The zero-order valence-electron chi connectivity index (χ0n) is 31.1. The third-order valence-electron chi connectivity index (χ3n) is 12.8. The monoisotopic (exact) mass is 718 g/mol. The fraction of sp³-hybridized carbons (Fsp3) is 0.561. The number of hydrogen-bond donors (Lipinski definition) is 2. The van der Waals surface area contributed by atoms with Crippen molar-refractivity contribution in [2.75, 3.05) is 13.7 Å². The third-order valence-corrected chi connectivity index (χ3v) is 12.8. The van der Waals surface area contributed by atoms with E-state index in [9.17, 15) is 24.6 Å². The van der Waals surface area contributed by atoms with E-state index in [0.717, 1.165) is 5.56 Å². The molecule has 2 aromatic carbocycles. The van der Waals surface area contributed by atoms with Crippen LogP contribution >= 0.6 is 0 Å². The van der Waals surface area contributed by atoms with E-state index in [-0.39, 0.29) is 30.8 Å². The molecule has 2 aromatic rings. The van der Waals surface area contributed by atoms with E-state index >= 15 is 4.79 Å². The molecule has 0 amide bonds. The van der Waals surface area contributed by atoms with E-state index < -0.39 is 88.2 Å². The van der Waals surface area contributed by atoms with Crippen LogP contribution in [-0.4, -0.2) is 89.3 Å². The van der Waals surface area contributed by atoms with Crippen LogP contribution in [-0.2, 0) is 38.1 Å². The number of carbonyl (C=O) groups is 4. The Balaban J connectivity index is 1.54. The topological polar surface area (TPSA) is 155 Å². The highest BCUT2D eigenvalue weighted by atomic mass is 16.6. The van der Waals surface area contributed by atoms with Crippen LogP contribution in [0.25, 0.3) is 0 Å². The molecule has 52 heavy (non-hydrogen) atoms. The fourth-order valence-corrected chi connectivity index (χ4v) is 9.94. The van der Waals surface area contributed by atoms with Crippen molar-refractivity contribution in [2.24, 2.45) is 22.7 Å². The Bertz CT molecular complexity index is 1750. The summed E-state index contributed by atoms with van der Waals surface area (Å²) in [5.41, 5.74) is -4.20. The molecule has 1 heterocycles. The van der Waals surface area contributed by atoms with Crippen molar-refractivity contribution in [3.8, 4) is 0 Å². The van der Waals surface area contributed by atoms with Gasteiger partial charge in [-0.15, -0.1) is 0 Å². The van der Waals surface area contributed by atoms with E-state index in [2.05, 4.69) is 0 Å². The van der Waals surface area contributed by atoms with Gasteiger partial charge in [0, 0.05) is 44.1 Å². The number of Topliss-reactive ketones (excluding diaryl/α,β-unsaturated/α-hetero) is 1. The zero-order valence-corrected chi connectivity index (χ0v) is 31.1. The number of aliphatic hydroxyl groups excluding tert-OH is 1. The summed E-state index contributed by atoms with van der Waals surface area (Å²) in [6.07, 6.45) is -5.71. The molecule has 1 aliphatic heterocycles. The average Bonchev–Trinajstić information content (AvgIpc) is 3.11. The molecule has 2 saturated carbocycles. The maximum Gasteiger partial charge on any atom is 0.338 e. The number of ether oxygens (including phenoxy) is 5. The van der Waals surface area contributed by atoms with Gasteiger partial charge >= 0.3 is 17.9 Å². The number of hydrogen-bond acceptors (Lipinski definition) is 11. The number of rotatable bonds is 8. The lowest BCUT2D eigenvalue weighted by Crippen LogP contribution is -2.81. The number of methoxy groups -OCH3 is 1. The van der Waals surface area contributed by atoms with E-state index in [0.29, 0.717) is 11.1 Å². The Kier molecular flexibility index (Phi) is 9.83. The number of esters is 3. The summed E-state index contributed by atoms with van der Waals surface area (Å²) in [4.78, 5) is 56.0. The van der Waals surface area contributed by atoms with Gasteiger partial charge in [-0.2, -0.15) is 0 Å². The Hall–Kier alpha value is -3.90. The molecule has 2 bridgehead atoms. The smallest absolute Gasteiger partial charge is 0.338 e. The predicted octanol–water partition coefficient (Wildman–Crippen LogP) is 4.73. The van der Waals surface area contributed by atoms with E-state index in [1.54, 1.807) is 71.9 Å². The van der Waals surface area contributed by atoms with E-state index in [4.69, 9.17) is 23.7 Å². The third kappa shape index (κ3) is 5.63. The summed E-state index contributed by atoms with van der Waals surface area (Å²) >= 11 is 0. The molecule has 3 fully saturated rings. The van der Waals surface area contributed by atoms with Crippen molar-refractivity contribution in [3.05, 3.63) is 82.9 Å². The quantitative estimate of drug-likeness (QED) is 0.221. The zero-order chi connectivity index (χ0) is 38.0. The van der Waals surface area contributed by atoms with Crippen molar-refractivity contribution in [1.82, 2.24) is 0 Å². The second-order valence-corrected chi connectivity index (χ2v) is 15.8. The molecular formula is C41H50O11. The summed E-state index contributed by atoms with van der Waals surface area (Å²) in [7, 11) is 1.49. The number of benzene rings is 2. The summed E-state index contributed by atoms with van der Waals surface area (Å²) in [5.74, 6) is -5.17. The molecule has 11 atom stereocenters. The van der Waals surface area contributed by atoms with Crippen LogP contribution in [0.4, 0.5) is 0 Å². The molecule has 3 unspecified atom stereocenters. The molecule has 4 aliphatic rings. The molecule has 11 heteroatoms. The minimum atomic E-state index is -2.03. The lowest BCUT2D eigenvalue weighted by atomic mass is 9.43. The van der Waals surface area contributed by atoms with Gasteiger partial charge in [-0.05, 0) is 42.7 Å². The number of ketones is 1. The molecule has 2 N–H and O–H groups in total. The fourth-order valence-electron chi connectivity index (χ4n) is 9.94. The molecule has 3 aliphatic carbocycles. The highest BCUT2D eigenvalue weighted by molar-refractivity contribution is 5.92. The van der Waals surface area contributed by atoms with Gasteiger partial charge in [-0.1, -0.05) is 76.2 Å². The molecular weight excluding hydrogens is 668 g/mol. The molecule has 280 valence electrons. The van der Waals surface area contributed by atoms with Gasteiger partial charge in [0.1, 0.15) is 29.7 Å². The molecule has 11 nitrogen and oxygen atoms in total. The van der Waals surface area contributed by atoms with Crippen LogP contribution in [0.5, 0.6) is 0 Å². The number of carbonyl (C=O) groups excluding carboxylic acids is 4. The Labute approximate surface area is 304 Å². The highest BCUT2D eigenvalue weighted by Crippen LogP contribution is 2.65. The van der Waals surface area contributed by atoms with Crippen LogP contribution in [0.15, 0.2) is 71.8 Å². The first-order valence-corrected chi connectivity index (χ1v) is 18.0. The van der Waals surface area contributed by atoms with Crippen molar-refractivity contribution in [3.63, 3.8) is 0 Å². The van der Waals surface area contributed by atoms with Crippen molar-refractivity contribution in [1.29, 1.82) is 0 Å². The van der Waals surface area contributed by atoms with Crippen LogP contribution in [0.3, 0.4) is 0 Å². The Morgan fingerprint density at radius 1 is 0.981 bits per heavy atom. The first-order valence-electron chi connectivity index (χ1n) is 18.0. The first kappa shape index (κ1) is 37.8. The molecule has 1 saturated heterocycles. The minimum Gasteiger partial charge on any atom is -0.456 e. The van der Waals surface area contributed by atoms with Crippen LogP contribution in [0.2, 0.25) is 0 Å².